The fourth-order valence-corrected chi connectivity index (χ4v) is 2.62. The highest BCUT2D eigenvalue weighted by molar-refractivity contribution is 9.10. The zero-order valence-corrected chi connectivity index (χ0v) is 14.2. The highest BCUT2D eigenvalue weighted by Gasteiger charge is 2.21. The van der Waals surface area contributed by atoms with Crippen molar-refractivity contribution in [3.8, 4) is 0 Å². The summed E-state index contributed by atoms with van der Waals surface area (Å²) in [6.07, 6.45) is 2.66. The second kappa shape index (κ2) is 7.76. The molecule has 0 spiro atoms. The predicted molar refractivity (Wildman–Crippen MR) is 87.1 cm³/mol. The van der Waals surface area contributed by atoms with Crippen molar-refractivity contribution in [2.75, 3.05) is 33.4 Å². The molecular weight excluding hydrogens is 340 g/mol. The summed E-state index contributed by atoms with van der Waals surface area (Å²) in [6, 6.07) is 6.18. The fraction of sp³-hybridized carbons (Fsp3) is 0.600. The largest absolute Gasteiger partial charge is 0.380 e. The maximum atomic E-state index is 6.16. The lowest BCUT2D eigenvalue weighted by Gasteiger charge is -2.27. The molecule has 2 N–H and O–H groups in total. The van der Waals surface area contributed by atoms with Crippen molar-refractivity contribution < 1.29 is 4.74 Å². The summed E-state index contributed by atoms with van der Waals surface area (Å²) >= 11 is 9.57. The van der Waals surface area contributed by atoms with E-state index in [1.54, 1.807) is 0 Å². The normalized spacial score (nSPS) is 16.6. The van der Waals surface area contributed by atoms with E-state index in [9.17, 15) is 0 Å². The first-order valence-electron chi connectivity index (χ1n) is 7.04. The topological polar surface area (TPSA) is 38.5 Å². The van der Waals surface area contributed by atoms with Crippen LogP contribution in [0.2, 0.25) is 5.02 Å². The van der Waals surface area contributed by atoms with Gasteiger partial charge in [0, 0.05) is 30.2 Å². The number of rotatable bonds is 8. The Bertz CT molecular complexity index is 440. The number of halogens is 2. The molecule has 0 amide bonds. The summed E-state index contributed by atoms with van der Waals surface area (Å²) in [7, 11) is 2.08. The molecule has 0 saturated heterocycles. The number of benzene rings is 1. The third-order valence-corrected chi connectivity index (χ3v) is 4.96. The Hall–Kier alpha value is -0.130. The molecule has 5 heteroatoms. The molecule has 2 rings (SSSR count). The van der Waals surface area contributed by atoms with Gasteiger partial charge in [0.2, 0.25) is 0 Å². The zero-order chi connectivity index (χ0) is 14.5. The van der Waals surface area contributed by atoms with E-state index in [-0.39, 0.29) is 6.04 Å². The van der Waals surface area contributed by atoms with E-state index in [4.69, 9.17) is 22.1 Å². The lowest BCUT2D eigenvalue weighted by molar-refractivity contribution is 0.0922. The smallest absolute Gasteiger partial charge is 0.0593 e. The minimum atomic E-state index is 0.171. The number of hydrogen-bond acceptors (Lipinski definition) is 3. The number of ether oxygens (including phenoxy) is 1. The molecule has 0 bridgehead atoms. The van der Waals surface area contributed by atoms with Crippen LogP contribution in [0.1, 0.15) is 24.4 Å². The zero-order valence-electron chi connectivity index (χ0n) is 11.8. The van der Waals surface area contributed by atoms with Gasteiger partial charge in [-0.2, -0.15) is 0 Å². The minimum absolute atomic E-state index is 0.171. The van der Waals surface area contributed by atoms with E-state index < -0.39 is 0 Å². The van der Waals surface area contributed by atoms with Crippen LogP contribution < -0.4 is 5.73 Å². The van der Waals surface area contributed by atoms with Gasteiger partial charge in [-0.05, 0) is 59.4 Å². The second-order valence-electron chi connectivity index (χ2n) is 5.42. The average molecular weight is 362 g/mol. The molecule has 1 aliphatic rings. The van der Waals surface area contributed by atoms with Gasteiger partial charge in [0.25, 0.3) is 0 Å². The Morgan fingerprint density at radius 2 is 2.25 bits per heavy atom. The maximum absolute atomic E-state index is 6.16. The van der Waals surface area contributed by atoms with Crippen molar-refractivity contribution in [3.05, 3.63) is 33.3 Å². The molecule has 1 saturated carbocycles. The van der Waals surface area contributed by atoms with Crippen LogP contribution in [0.5, 0.6) is 0 Å². The SMILES string of the molecule is CN(CCOCC1CC1)C(CN)c1ccc(Br)c(Cl)c1. The van der Waals surface area contributed by atoms with Crippen LogP contribution in [0.3, 0.4) is 0 Å². The molecule has 0 aliphatic heterocycles. The van der Waals surface area contributed by atoms with Crippen LogP contribution in [0, 0.1) is 5.92 Å². The summed E-state index contributed by atoms with van der Waals surface area (Å²) in [5, 5.41) is 0.722. The van der Waals surface area contributed by atoms with E-state index in [2.05, 4.69) is 33.9 Å². The predicted octanol–water partition coefficient (Wildman–Crippen LogP) is 3.46. The van der Waals surface area contributed by atoms with Crippen LogP contribution in [0.4, 0.5) is 0 Å². The average Bonchev–Trinajstić information content (AvgIpc) is 3.24. The first-order valence-corrected chi connectivity index (χ1v) is 8.22. The first-order chi connectivity index (χ1) is 9.61. The van der Waals surface area contributed by atoms with Crippen LogP contribution in [0.15, 0.2) is 22.7 Å². The first kappa shape index (κ1) is 16.2. The summed E-state index contributed by atoms with van der Waals surface area (Å²) in [5.41, 5.74) is 7.06. The monoisotopic (exact) mass is 360 g/mol. The Morgan fingerprint density at radius 3 is 2.85 bits per heavy atom. The standard InChI is InChI=1S/C15H22BrClN2O/c1-19(6-7-20-10-11-2-3-11)15(9-18)12-4-5-13(16)14(17)8-12/h4-5,8,11,15H,2-3,6-7,9-10,18H2,1H3. The van der Waals surface area contributed by atoms with Gasteiger partial charge in [-0.15, -0.1) is 0 Å². The van der Waals surface area contributed by atoms with Crippen LogP contribution in [-0.2, 0) is 4.74 Å². The van der Waals surface area contributed by atoms with Gasteiger partial charge < -0.3 is 10.5 Å². The fourth-order valence-electron chi connectivity index (χ4n) is 2.19. The van der Waals surface area contributed by atoms with Crippen LogP contribution in [0.25, 0.3) is 0 Å². The second-order valence-corrected chi connectivity index (χ2v) is 6.69. The van der Waals surface area contributed by atoms with Gasteiger partial charge >= 0.3 is 0 Å². The molecule has 1 unspecified atom stereocenters. The van der Waals surface area contributed by atoms with Crippen molar-refractivity contribution in [1.29, 1.82) is 0 Å². The molecular formula is C15H22BrClN2O. The number of nitrogens with two attached hydrogens (primary N) is 1. The van der Waals surface area contributed by atoms with Crippen molar-refractivity contribution >= 4 is 27.5 Å². The van der Waals surface area contributed by atoms with Crippen LogP contribution in [-0.4, -0.2) is 38.3 Å². The van der Waals surface area contributed by atoms with Crippen molar-refractivity contribution in [2.24, 2.45) is 11.7 Å². The minimum Gasteiger partial charge on any atom is -0.380 e. The van der Waals surface area contributed by atoms with E-state index in [1.165, 1.54) is 12.8 Å². The van der Waals surface area contributed by atoms with Gasteiger partial charge in [0.1, 0.15) is 0 Å². The number of likely N-dealkylation sites (N-methyl/N-ethyl adjacent to an activating group) is 1. The molecule has 1 aromatic rings. The molecule has 1 aliphatic carbocycles. The molecule has 0 heterocycles. The van der Waals surface area contributed by atoms with Gasteiger partial charge in [-0.1, -0.05) is 17.7 Å². The Labute approximate surface area is 134 Å². The third kappa shape index (κ3) is 4.71. The third-order valence-electron chi connectivity index (χ3n) is 3.72. The number of hydrogen-bond donors (Lipinski definition) is 1. The highest BCUT2D eigenvalue weighted by atomic mass is 79.9. The Balaban J connectivity index is 1.86. The summed E-state index contributed by atoms with van der Waals surface area (Å²) < 4.78 is 6.60. The van der Waals surface area contributed by atoms with E-state index in [0.717, 1.165) is 40.7 Å². The Kier molecular flexibility index (Phi) is 6.30. The highest BCUT2D eigenvalue weighted by Crippen LogP contribution is 2.29. The molecule has 1 fully saturated rings. The lowest BCUT2D eigenvalue weighted by Crippen LogP contribution is -2.33. The lowest BCUT2D eigenvalue weighted by atomic mass is 10.1. The van der Waals surface area contributed by atoms with Gasteiger partial charge in [0.05, 0.1) is 11.6 Å². The molecule has 112 valence electrons. The molecule has 3 nitrogen and oxygen atoms in total. The van der Waals surface area contributed by atoms with E-state index >= 15 is 0 Å². The molecule has 1 atom stereocenters. The van der Waals surface area contributed by atoms with E-state index in [0.29, 0.717) is 6.54 Å². The Morgan fingerprint density at radius 1 is 1.50 bits per heavy atom. The van der Waals surface area contributed by atoms with Gasteiger partial charge in [0.15, 0.2) is 0 Å². The van der Waals surface area contributed by atoms with Crippen LogP contribution >= 0.6 is 27.5 Å². The summed E-state index contributed by atoms with van der Waals surface area (Å²) in [6.45, 7) is 3.11. The van der Waals surface area contributed by atoms with Gasteiger partial charge in [-0.25, -0.2) is 0 Å². The van der Waals surface area contributed by atoms with Crippen molar-refractivity contribution in [3.63, 3.8) is 0 Å². The quantitative estimate of drug-likeness (QED) is 0.721. The van der Waals surface area contributed by atoms with E-state index in [1.807, 2.05) is 12.1 Å². The molecule has 0 aromatic heterocycles. The van der Waals surface area contributed by atoms with Crippen molar-refractivity contribution in [2.45, 2.75) is 18.9 Å². The van der Waals surface area contributed by atoms with Crippen molar-refractivity contribution in [1.82, 2.24) is 4.90 Å². The summed E-state index contributed by atoms with van der Waals surface area (Å²) in [5.74, 6) is 0.816. The maximum Gasteiger partial charge on any atom is 0.0593 e. The molecule has 0 radical (unpaired) electrons. The van der Waals surface area contributed by atoms with Gasteiger partial charge in [-0.3, -0.25) is 4.90 Å². The number of nitrogens with zero attached hydrogens (tertiary/aromatic N) is 1. The molecule has 1 aromatic carbocycles. The summed E-state index contributed by atoms with van der Waals surface area (Å²) in [4.78, 5) is 2.23. The molecule has 20 heavy (non-hydrogen) atoms.